The van der Waals surface area contributed by atoms with Crippen molar-refractivity contribution < 1.29 is 14.2 Å². The van der Waals surface area contributed by atoms with Gasteiger partial charge in [-0.05, 0) is 50.5 Å². The van der Waals surface area contributed by atoms with Crippen LogP contribution in [0.2, 0.25) is 0 Å². The maximum atomic E-state index is 12.3. The van der Waals surface area contributed by atoms with E-state index < -0.39 is 5.50 Å². The molecule has 3 aromatic rings. The molecule has 0 amide bonds. The maximum absolute atomic E-state index is 12.3. The zero-order chi connectivity index (χ0) is 20.9. The molecule has 2 aliphatic heterocycles. The molecule has 1 aromatic carbocycles. The van der Waals surface area contributed by atoms with E-state index in [9.17, 15) is 4.79 Å². The summed E-state index contributed by atoms with van der Waals surface area (Å²) in [7, 11) is 6.54. The zero-order valence-electron chi connectivity index (χ0n) is 16.9. The number of aromatic nitrogens is 3. The lowest BCUT2D eigenvalue weighted by atomic mass is 9.73. The van der Waals surface area contributed by atoms with E-state index in [1.807, 2.05) is 25.1 Å². The Morgan fingerprint density at radius 3 is 2.67 bits per heavy atom. The minimum Gasteiger partial charge on any atom is -0.497 e. The van der Waals surface area contributed by atoms with Gasteiger partial charge in [-0.15, -0.1) is 5.10 Å². The second-order valence-electron chi connectivity index (χ2n) is 7.83. The Labute approximate surface area is 174 Å². The molecule has 5 rings (SSSR count). The van der Waals surface area contributed by atoms with Gasteiger partial charge < -0.3 is 19.1 Å². The van der Waals surface area contributed by atoms with E-state index in [0.29, 0.717) is 54.5 Å². The molecule has 0 bridgehead atoms. The second kappa shape index (κ2) is 6.93. The summed E-state index contributed by atoms with van der Waals surface area (Å²) in [5.41, 5.74) is 1.23. The Kier molecular flexibility index (Phi) is 4.34. The van der Waals surface area contributed by atoms with Gasteiger partial charge in [-0.3, -0.25) is 4.79 Å². The summed E-state index contributed by atoms with van der Waals surface area (Å²) in [6.45, 7) is 5.32. The number of hydrogen-bond donors (Lipinski definition) is 0. The predicted molar refractivity (Wildman–Crippen MR) is 112 cm³/mol. The first kappa shape index (κ1) is 18.8. The zero-order valence-corrected chi connectivity index (χ0v) is 16.9. The largest absolute Gasteiger partial charge is 0.497 e. The van der Waals surface area contributed by atoms with Gasteiger partial charge in [0.25, 0.3) is 5.56 Å². The minimum atomic E-state index is -0.787. The highest BCUT2D eigenvalue weighted by molar-refractivity contribution is 6.14. The number of ether oxygens (including phenoxy) is 3. The molecule has 2 radical (unpaired) electrons. The number of rotatable bonds is 3. The average molecular weight is 404 g/mol. The van der Waals surface area contributed by atoms with Crippen LogP contribution in [0.3, 0.4) is 0 Å². The molecule has 2 aliphatic rings. The quantitative estimate of drug-likeness (QED) is 0.618. The second-order valence-corrected chi connectivity index (χ2v) is 7.83. The van der Waals surface area contributed by atoms with Gasteiger partial charge in [0.05, 0.1) is 5.50 Å². The van der Waals surface area contributed by atoms with Crippen LogP contribution in [-0.2, 0) is 0 Å². The van der Waals surface area contributed by atoms with E-state index in [4.69, 9.17) is 22.1 Å². The number of nitrogens with zero attached hydrogens (tertiary/aromatic N) is 4. The van der Waals surface area contributed by atoms with Crippen molar-refractivity contribution in [2.45, 2.75) is 32.2 Å². The Morgan fingerprint density at radius 2 is 1.87 bits per heavy atom. The summed E-state index contributed by atoms with van der Waals surface area (Å²) in [5, 5.41) is 4.57. The third kappa shape index (κ3) is 3.34. The third-order valence-electron chi connectivity index (χ3n) is 5.52. The average Bonchev–Trinajstić information content (AvgIpc) is 3.16. The number of anilines is 1. The monoisotopic (exact) mass is 404 g/mol. The molecule has 1 saturated heterocycles. The van der Waals surface area contributed by atoms with Crippen molar-refractivity contribution in [3.8, 4) is 17.2 Å². The predicted octanol–water partition coefficient (Wildman–Crippen LogP) is 1.98. The summed E-state index contributed by atoms with van der Waals surface area (Å²) in [6.07, 6.45) is 1.23. The van der Waals surface area contributed by atoms with Crippen LogP contribution >= 0.6 is 0 Å². The van der Waals surface area contributed by atoms with E-state index >= 15 is 0 Å². The standard InChI is InChI=1S/C21H21BN4O4/c1-13-9-18-23-14(2)10-19(27)26(18)24-20(13)25-7-5-21(22,6-8-25)30-15-3-4-16-17(11-15)29-12-28-16/h3-4,9-11H,5-8,12H2,1-2H3. The van der Waals surface area contributed by atoms with Crippen LogP contribution in [0.5, 0.6) is 17.2 Å². The van der Waals surface area contributed by atoms with Crippen molar-refractivity contribution in [1.29, 1.82) is 0 Å². The Bertz CT molecular complexity index is 1190. The van der Waals surface area contributed by atoms with E-state index in [1.165, 1.54) is 10.6 Å². The topological polar surface area (TPSA) is 78.2 Å². The van der Waals surface area contributed by atoms with Gasteiger partial charge in [-0.25, -0.2) is 4.98 Å². The van der Waals surface area contributed by atoms with Crippen molar-refractivity contribution in [2.75, 3.05) is 24.8 Å². The van der Waals surface area contributed by atoms with Crippen LogP contribution < -0.4 is 24.7 Å². The summed E-state index contributed by atoms with van der Waals surface area (Å²) in [6, 6.07) is 8.85. The molecule has 152 valence electrons. The van der Waals surface area contributed by atoms with Gasteiger partial charge in [0.1, 0.15) is 13.6 Å². The fourth-order valence-corrected chi connectivity index (χ4v) is 3.93. The lowest BCUT2D eigenvalue weighted by molar-refractivity contribution is 0.126. The molecule has 9 heteroatoms. The molecule has 0 unspecified atom stereocenters. The molecule has 0 atom stereocenters. The van der Waals surface area contributed by atoms with Crippen LogP contribution in [0, 0.1) is 13.8 Å². The number of benzene rings is 1. The third-order valence-corrected chi connectivity index (χ3v) is 5.52. The fourth-order valence-electron chi connectivity index (χ4n) is 3.93. The van der Waals surface area contributed by atoms with Crippen molar-refractivity contribution >= 4 is 19.3 Å². The molecule has 1 fully saturated rings. The van der Waals surface area contributed by atoms with Crippen LogP contribution in [-0.4, -0.2) is 47.8 Å². The summed E-state index contributed by atoms with van der Waals surface area (Å²) in [4.78, 5) is 18.9. The Hall–Kier alpha value is -3.23. The van der Waals surface area contributed by atoms with Gasteiger partial charge in [0.2, 0.25) is 6.79 Å². The molecular formula is C21H21BN4O4. The van der Waals surface area contributed by atoms with E-state index in [2.05, 4.69) is 15.0 Å². The highest BCUT2D eigenvalue weighted by Gasteiger charge is 2.33. The molecule has 0 spiro atoms. The van der Waals surface area contributed by atoms with Crippen LogP contribution in [0.4, 0.5) is 5.82 Å². The van der Waals surface area contributed by atoms with Crippen molar-refractivity contribution in [3.63, 3.8) is 0 Å². The highest BCUT2D eigenvalue weighted by Crippen LogP contribution is 2.37. The number of hydrogen-bond acceptors (Lipinski definition) is 7. The smallest absolute Gasteiger partial charge is 0.274 e. The Balaban J connectivity index is 1.34. The van der Waals surface area contributed by atoms with Crippen molar-refractivity contribution in [1.82, 2.24) is 14.6 Å². The summed E-state index contributed by atoms with van der Waals surface area (Å²) >= 11 is 0. The van der Waals surface area contributed by atoms with Crippen molar-refractivity contribution in [2.24, 2.45) is 0 Å². The lowest BCUT2D eigenvalue weighted by Gasteiger charge is -2.41. The van der Waals surface area contributed by atoms with Gasteiger partial charge in [-0.1, -0.05) is 0 Å². The molecule has 4 heterocycles. The fraction of sp³-hybridized carbons (Fsp3) is 0.381. The number of piperidine rings is 1. The molecule has 0 saturated carbocycles. The molecule has 0 N–H and O–H groups in total. The van der Waals surface area contributed by atoms with E-state index in [1.54, 1.807) is 13.0 Å². The first-order valence-electron chi connectivity index (χ1n) is 9.91. The van der Waals surface area contributed by atoms with E-state index in [-0.39, 0.29) is 12.4 Å². The summed E-state index contributed by atoms with van der Waals surface area (Å²) < 4.78 is 18.2. The molecule has 8 nitrogen and oxygen atoms in total. The maximum Gasteiger partial charge on any atom is 0.274 e. The molecule has 2 aromatic heterocycles. The van der Waals surface area contributed by atoms with Gasteiger partial charge in [0.15, 0.2) is 23.0 Å². The number of aryl methyl sites for hydroxylation is 2. The molecular weight excluding hydrogens is 383 g/mol. The number of fused-ring (bicyclic) bond motifs is 2. The van der Waals surface area contributed by atoms with Crippen LogP contribution in [0.1, 0.15) is 24.1 Å². The molecule has 0 aliphatic carbocycles. The SMILES string of the molecule is [B]C1(Oc2ccc3c(c2)OCO3)CCN(c2nn3c(=O)cc(C)nc3cc2C)CC1. The van der Waals surface area contributed by atoms with Crippen LogP contribution in [0.15, 0.2) is 35.1 Å². The first-order chi connectivity index (χ1) is 14.4. The normalized spacial score (nSPS) is 17.3. The van der Waals surface area contributed by atoms with Crippen LogP contribution in [0.25, 0.3) is 5.65 Å². The first-order valence-corrected chi connectivity index (χ1v) is 9.91. The van der Waals surface area contributed by atoms with Gasteiger partial charge >= 0.3 is 0 Å². The van der Waals surface area contributed by atoms with E-state index in [0.717, 1.165) is 11.4 Å². The van der Waals surface area contributed by atoms with Crippen molar-refractivity contribution in [3.05, 3.63) is 51.9 Å². The Morgan fingerprint density at radius 1 is 1.10 bits per heavy atom. The van der Waals surface area contributed by atoms with Gasteiger partial charge in [0, 0.05) is 30.9 Å². The highest BCUT2D eigenvalue weighted by atomic mass is 16.7. The molecule has 30 heavy (non-hydrogen) atoms. The lowest BCUT2D eigenvalue weighted by Crippen LogP contribution is -2.49. The minimum absolute atomic E-state index is 0.185. The van der Waals surface area contributed by atoms with Gasteiger partial charge in [-0.2, -0.15) is 4.52 Å². The summed E-state index contributed by atoms with van der Waals surface area (Å²) in [5.74, 6) is 2.79.